The summed E-state index contributed by atoms with van der Waals surface area (Å²) in [6.07, 6.45) is 0. The van der Waals surface area contributed by atoms with Crippen molar-refractivity contribution in [3.63, 3.8) is 0 Å². The maximum absolute atomic E-state index is 12.3. The Hall–Kier alpha value is -3.12. The fourth-order valence-electron chi connectivity index (χ4n) is 2.27. The van der Waals surface area contributed by atoms with Crippen LogP contribution in [0, 0.1) is 6.92 Å². The van der Waals surface area contributed by atoms with Crippen LogP contribution in [0.25, 0.3) is 0 Å². The van der Waals surface area contributed by atoms with Gasteiger partial charge in [-0.15, -0.1) is 10.2 Å². The second-order valence-electron chi connectivity index (χ2n) is 5.52. The van der Waals surface area contributed by atoms with Crippen molar-refractivity contribution < 1.29 is 9.53 Å². The van der Waals surface area contributed by atoms with E-state index in [1.165, 1.54) is 0 Å². The van der Waals surface area contributed by atoms with E-state index in [-0.39, 0.29) is 11.6 Å². The minimum Gasteiger partial charge on any atom is -0.497 e. The molecule has 1 heterocycles. The highest BCUT2D eigenvalue weighted by Crippen LogP contribution is 2.25. The Labute approximate surface area is 156 Å². The molecule has 1 amide bonds. The Kier molecular flexibility index (Phi) is 5.34. The Bertz CT molecular complexity index is 912. The van der Waals surface area contributed by atoms with Gasteiger partial charge in [-0.3, -0.25) is 4.79 Å². The molecule has 1 aromatic heterocycles. The van der Waals surface area contributed by atoms with Gasteiger partial charge in [-0.2, -0.15) is 0 Å². The van der Waals surface area contributed by atoms with E-state index in [2.05, 4.69) is 20.8 Å². The normalized spacial score (nSPS) is 10.3. The lowest BCUT2D eigenvalue weighted by Crippen LogP contribution is -2.14. The highest BCUT2D eigenvalue weighted by Gasteiger charge is 2.10. The number of carbonyl (C=O) groups is 1. The van der Waals surface area contributed by atoms with Crippen molar-refractivity contribution in [2.45, 2.75) is 6.92 Å². The van der Waals surface area contributed by atoms with Crippen molar-refractivity contribution >= 4 is 34.7 Å². The topological polar surface area (TPSA) is 76.1 Å². The number of nitrogens with one attached hydrogen (secondary N) is 2. The van der Waals surface area contributed by atoms with Gasteiger partial charge in [0, 0.05) is 16.4 Å². The monoisotopic (exact) mass is 368 g/mol. The number of hydrogen-bond acceptors (Lipinski definition) is 5. The molecule has 3 aromatic rings. The minimum absolute atomic E-state index is 0.217. The average molecular weight is 369 g/mol. The minimum atomic E-state index is -0.340. The summed E-state index contributed by atoms with van der Waals surface area (Å²) in [5.41, 5.74) is 2.61. The van der Waals surface area contributed by atoms with Crippen molar-refractivity contribution in [2.75, 3.05) is 17.7 Å². The highest BCUT2D eigenvalue weighted by molar-refractivity contribution is 6.31. The second-order valence-corrected chi connectivity index (χ2v) is 5.93. The average Bonchev–Trinajstić information content (AvgIpc) is 2.66. The van der Waals surface area contributed by atoms with Gasteiger partial charge in [0.15, 0.2) is 11.5 Å². The van der Waals surface area contributed by atoms with Crippen molar-refractivity contribution in [3.05, 3.63) is 70.9 Å². The van der Waals surface area contributed by atoms with Crippen molar-refractivity contribution in [3.8, 4) is 5.75 Å². The first-order valence-corrected chi connectivity index (χ1v) is 8.26. The summed E-state index contributed by atoms with van der Waals surface area (Å²) in [5, 5.41) is 14.6. The van der Waals surface area contributed by atoms with E-state index in [1.54, 1.807) is 43.5 Å². The van der Waals surface area contributed by atoms with Gasteiger partial charge in [-0.1, -0.05) is 17.7 Å². The molecule has 132 valence electrons. The maximum Gasteiger partial charge on any atom is 0.276 e. The zero-order valence-corrected chi connectivity index (χ0v) is 15.0. The van der Waals surface area contributed by atoms with Gasteiger partial charge in [-0.05, 0) is 61.0 Å². The summed E-state index contributed by atoms with van der Waals surface area (Å²) in [6, 6.07) is 15.9. The molecule has 3 rings (SSSR count). The van der Waals surface area contributed by atoms with E-state index in [4.69, 9.17) is 16.3 Å². The van der Waals surface area contributed by atoms with Crippen molar-refractivity contribution in [2.24, 2.45) is 0 Å². The largest absolute Gasteiger partial charge is 0.497 e. The summed E-state index contributed by atoms with van der Waals surface area (Å²) in [7, 11) is 1.59. The smallest absolute Gasteiger partial charge is 0.276 e. The lowest BCUT2D eigenvalue weighted by molar-refractivity contribution is 0.102. The van der Waals surface area contributed by atoms with Gasteiger partial charge in [0.25, 0.3) is 5.91 Å². The first-order chi connectivity index (χ1) is 12.6. The third-order valence-electron chi connectivity index (χ3n) is 3.78. The van der Waals surface area contributed by atoms with Crippen molar-refractivity contribution in [1.29, 1.82) is 0 Å². The molecule has 7 heteroatoms. The number of anilines is 3. The zero-order chi connectivity index (χ0) is 18.5. The van der Waals surface area contributed by atoms with Crippen LogP contribution in [-0.2, 0) is 0 Å². The van der Waals surface area contributed by atoms with E-state index < -0.39 is 0 Å². The molecule has 0 saturated heterocycles. The molecule has 0 aliphatic heterocycles. The Morgan fingerprint density at radius 1 is 1.04 bits per heavy atom. The first kappa shape index (κ1) is 17.7. The number of nitrogens with zero attached hydrogens (tertiary/aromatic N) is 2. The number of hydrogen-bond donors (Lipinski definition) is 2. The number of amides is 1. The third kappa shape index (κ3) is 4.10. The zero-order valence-electron chi connectivity index (χ0n) is 14.3. The molecule has 0 bridgehead atoms. The van der Waals surface area contributed by atoms with Crippen LogP contribution in [0.5, 0.6) is 5.75 Å². The van der Waals surface area contributed by atoms with E-state index in [1.807, 2.05) is 25.1 Å². The molecule has 26 heavy (non-hydrogen) atoms. The number of benzene rings is 2. The van der Waals surface area contributed by atoms with Crippen LogP contribution in [-0.4, -0.2) is 23.2 Å². The summed E-state index contributed by atoms with van der Waals surface area (Å²) in [6.45, 7) is 1.91. The molecule has 0 spiro atoms. The van der Waals surface area contributed by atoms with Crippen LogP contribution in [0.1, 0.15) is 16.1 Å². The predicted molar refractivity (Wildman–Crippen MR) is 102 cm³/mol. The maximum atomic E-state index is 12.3. The van der Waals surface area contributed by atoms with Gasteiger partial charge < -0.3 is 15.4 Å². The summed E-state index contributed by atoms with van der Waals surface area (Å²) in [4.78, 5) is 12.3. The number of aromatic nitrogens is 2. The van der Waals surface area contributed by atoms with E-state index in [0.717, 1.165) is 17.0 Å². The molecule has 0 fully saturated rings. The summed E-state index contributed by atoms with van der Waals surface area (Å²) in [5.74, 6) is 0.902. The molecular weight excluding hydrogens is 352 g/mol. The number of carbonyl (C=O) groups excluding carboxylic acids is 1. The quantitative estimate of drug-likeness (QED) is 0.696. The molecule has 0 aliphatic rings. The van der Waals surface area contributed by atoms with Gasteiger partial charge in [-0.25, -0.2) is 0 Å². The predicted octanol–water partition coefficient (Wildman–Crippen LogP) is 4.44. The standard InChI is InChI=1S/C19H17ClN4O2/c1-12-15(20)4-3-5-16(12)22-18-11-10-17(23-24-18)19(25)21-13-6-8-14(26-2)9-7-13/h3-11H,1-2H3,(H,21,25)(H,22,24). The Morgan fingerprint density at radius 3 is 2.46 bits per heavy atom. The van der Waals surface area contributed by atoms with Crippen LogP contribution in [0.15, 0.2) is 54.6 Å². The van der Waals surface area contributed by atoms with E-state index >= 15 is 0 Å². The highest BCUT2D eigenvalue weighted by atomic mass is 35.5. The molecule has 0 atom stereocenters. The Morgan fingerprint density at radius 2 is 1.81 bits per heavy atom. The second kappa shape index (κ2) is 7.84. The third-order valence-corrected chi connectivity index (χ3v) is 4.18. The van der Waals surface area contributed by atoms with E-state index in [0.29, 0.717) is 16.5 Å². The molecule has 6 nitrogen and oxygen atoms in total. The van der Waals surface area contributed by atoms with Crippen LogP contribution in [0.3, 0.4) is 0 Å². The number of ether oxygens (including phenoxy) is 1. The fraction of sp³-hybridized carbons (Fsp3) is 0.105. The first-order valence-electron chi connectivity index (χ1n) is 7.88. The van der Waals surface area contributed by atoms with Crippen LogP contribution in [0.2, 0.25) is 5.02 Å². The van der Waals surface area contributed by atoms with Crippen LogP contribution < -0.4 is 15.4 Å². The number of rotatable bonds is 5. The summed E-state index contributed by atoms with van der Waals surface area (Å²) < 4.78 is 5.09. The van der Waals surface area contributed by atoms with Gasteiger partial charge in [0.05, 0.1) is 7.11 Å². The molecule has 0 radical (unpaired) electrons. The van der Waals surface area contributed by atoms with Gasteiger partial charge in [0.1, 0.15) is 5.75 Å². The van der Waals surface area contributed by atoms with Crippen molar-refractivity contribution in [1.82, 2.24) is 10.2 Å². The molecule has 0 unspecified atom stereocenters. The Balaban J connectivity index is 1.68. The van der Waals surface area contributed by atoms with Crippen LogP contribution >= 0.6 is 11.6 Å². The lowest BCUT2D eigenvalue weighted by Gasteiger charge is -2.10. The van der Waals surface area contributed by atoms with Gasteiger partial charge in [0.2, 0.25) is 0 Å². The number of methoxy groups -OCH3 is 1. The van der Waals surface area contributed by atoms with E-state index in [9.17, 15) is 4.79 Å². The molecular formula is C19H17ClN4O2. The molecule has 2 aromatic carbocycles. The van der Waals surface area contributed by atoms with Crippen LogP contribution in [0.4, 0.5) is 17.2 Å². The molecule has 0 saturated carbocycles. The molecule has 2 N–H and O–H groups in total. The SMILES string of the molecule is COc1ccc(NC(=O)c2ccc(Nc3cccc(Cl)c3C)nn2)cc1. The fourth-order valence-corrected chi connectivity index (χ4v) is 2.44. The van der Waals surface area contributed by atoms with Gasteiger partial charge >= 0.3 is 0 Å². The number of halogens is 1. The molecule has 0 aliphatic carbocycles. The summed E-state index contributed by atoms with van der Waals surface area (Å²) >= 11 is 6.11. The lowest BCUT2D eigenvalue weighted by atomic mass is 10.2.